The second-order valence-corrected chi connectivity index (χ2v) is 8.06. The van der Waals surface area contributed by atoms with Crippen LogP contribution in [0.5, 0.6) is 0 Å². The van der Waals surface area contributed by atoms with Crippen molar-refractivity contribution in [3.8, 4) is 0 Å². The molecule has 1 aliphatic heterocycles. The molecule has 1 saturated heterocycles. The lowest BCUT2D eigenvalue weighted by Crippen LogP contribution is -2.59. The van der Waals surface area contributed by atoms with E-state index >= 15 is 0 Å². The van der Waals surface area contributed by atoms with Gasteiger partial charge in [0.15, 0.2) is 0 Å². The Balaban J connectivity index is 2.01. The van der Waals surface area contributed by atoms with E-state index < -0.39 is 9.84 Å². The number of nitrogens with two attached hydrogens (primary N) is 1. The Bertz CT molecular complexity index is 369. The van der Waals surface area contributed by atoms with Crippen LogP contribution in [0.2, 0.25) is 0 Å². The number of hydrogen-bond donors (Lipinski definition) is 3. The highest BCUT2D eigenvalue weighted by Crippen LogP contribution is 2.30. The third-order valence-corrected chi connectivity index (χ3v) is 6.21. The molecule has 2 unspecified atom stereocenters. The fourth-order valence-corrected chi connectivity index (χ4v) is 4.78. The van der Waals surface area contributed by atoms with Gasteiger partial charge >= 0.3 is 0 Å². The zero-order valence-corrected chi connectivity index (χ0v) is 11.6. The molecule has 0 bridgehead atoms. The summed E-state index contributed by atoms with van der Waals surface area (Å²) in [5.74, 6) is 0.758. The normalized spacial score (nSPS) is 34.6. The van der Waals surface area contributed by atoms with Gasteiger partial charge in [-0.15, -0.1) is 0 Å². The molecule has 2 fully saturated rings. The average molecular weight is 276 g/mol. The highest BCUT2D eigenvalue weighted by atomic mass is 32.2. The van der Waals surface area contributed by atoms with Crippen LogP contribution in [0.25, 0.3) is 0 Å². The molecule has 1 heterocycles. The van der Waals surface area contributed by atoms with Gasteiger partial charge in [-0.25, -0.2) is 8.42 Å². The summed E-state index contributed by atoms with van der Waals surface area (Å²) < 4.78 is 23.0. The maximum Gasteiger partial charge on any atom is 0.150 e. The topological polar surface area (TPSA) is 92.4 Å². The van der Waals surface area contributed by atoms with Crippen LogP contribution in [0.3, 0.4) is 0 Å². The first-order chi connectivity index (χ1) is 8.50. The molecule has 2 rings (SSSR count). The Kier molecular flexibility index (Phi) is 4.31. The van der Waals surface area contributed by atoms with E-state index in [9.17, 15) is 13.5 Å². The predicted octanol–water partition coefficient (Wildman–Crippen LogP) is -0.357. The first-order valence-electron chi connectivity index (χ1n) is 6.79. The van der Waals surface area contributed by atoms with Crippen LogP contribution < -0.4 is 11.1 Å². The van der Waals surface area contributed by atoms with Gasteiger partial charge in [0.05, 0.1) is 11.5 Å². The predicted molar refractivity (Wildman–Crippen MR) is 71.0 cm³/mol. The Morgan fingerprint density at radius 1 is 1.28 bits per heavy atom. The van der Waals surface area contributed by atoms with Crippen molar-refractivity contribution in [2.75, 3.05) is 24.7 Å². The maximum absolute atomic E-state index is 11.5. The highest BCUT2D eigenvalue weighted by Gasteiger charge is 2.40. The zero-order valence-electron chi connectivity index (χ0n) is 10.8. The van der Waals surface area contributed by atoms with Gasteiger partial charge < -0.3 is 16.2 Å². The van der Waals surface area contributed by atoms with Crippen LogP contribution in [0.15, 0.2) is 0 Å². The van der Waals surface area contributed by atoms with Crippen molar-refractivity contribution in [2.24, 2.45) is 11.7 Å². The molecule has 5 nitrogen and oxygen atoms in total. The lowest BCUT2D eigenvalue weighted by atomic mass is 9.89. The van der Waals surface area contributed by atoms with Gasteiger partial charge in [-0.1, -0.05) is 6.42 Å². The second-order valence-electron chi connectivity index (χ2n) is 5.76. The highest BCUT2D eigenvalue weighted by molar-refractivity contribution is 7.91. The van der Waals surface area contributed by atoms with Crippen molar-refractivity contribution in [3.63, 3.8) is 0 Å². The minimum Gasteiger partial charge on any atom is -0.396 e. The smallest absolute Gasteiger partial charge is 0.150 e. The van der Waals surface area contributed by atoms with Gasteiger partial charge in [0.2, 0.25) is 0 Å². The first kappa shape index (κ1) is 14.2. The van der Waals surface area contributed by atoms with Crippen molar-refractivity contribution in [3.05, 3.63) is 0 Å². The van der Waals surface area contributed by atoms with Crippen LogP contribution in [0, 0.1) is 5.92 Å². The van der Waals surface area contributed by atoms with Gasteiger partial charge in [-0.2, -0.15) is 0 Å². The van der Waals surface area contributed by atoms with Gasteiger partial charge in [-0.05, 0) is 31.6 Å². The van der Waals surface area contributed by atoms with Gasteiger partial charge in [-0.3, -0.25) is 0 Å². The van der Waals surface area contributed by atoms with E-state index in [1.165, 1.54) is 0 Å². The monoisotopic (exact) mass is 276 g/mol. The molecule has 1 saturated carbocycles. The van der Waals surface area contributed by atoms with E-state index in [2.05, 4.69) is 5.32 Å². The Labute approximate surface area is 109 Å². The third-order valence-electron chi connectivity index (χ3n) is 4.56. The molecule has 0 amide bonds. The molecule has 6 heteroatoms. The molecule has 18 heavy (non-hydrogen) atoms. The summed E-state index contributed by atoms with van der Waals surface area (Å²) in [6.45, 7) is 0.674. The number of nitrogens with one attached hydrogen (secondary N) is 1. The fraction of sp³-hybridized carbons (Fsp3) is 1.00. The van der Waals surface area contributed by atoms with Crippen LogP contribution in [0.1, 0.15) is 32.1 Å². The summed E-state index contributed by atoms with van der Waals surface area (Å²) in [6, 6.07) is 0.291. The fourth-order valence-electron chi connectivity index (χ4n) is 3.17. The first-order valence-corrected chi connectivity index (χ1v) is 8.61. The van der Waals surface area contributed by atoms with E-state index in [4.69, 9.17) is 5.73 Å². The second kappa shape index (κ2) is 5.45. The summed E-state index contributed by atoms with van der Waals surface area (Å²) in [5.41, 5.74) is 5.63. The standard InChI is InChI=1S/C12H24N2O3S/c13-9-12(4-6-18(16,17)7-5-12)14-11-3-1-2-10(11)8-15/h10-11,14-15H,1-9,13H2. The molecule has 0 aromatic heterocycles. The largest absolute Gasteiger partial charge is 0.396 e. The lowest BCUT2D eigenvalue weighted by Gasteiger charge is -2.40. The molecule has 1 aliphatic carbocycles. The molecular formula is C12H24N2O3S. The quantitative estimate of drug-likeness (QED) is 0.652. The van der Waals surface area contributed by atoms with Crippen molar-refractivity contribution in [1.82, 2.24) is 5.32 Å². The summed E-state index contributed by atoms with van der Waals surface area (Å²) in [7, 11) is -2.86. The Morgan fingerprint density at radius 2 is 1.94 bits per heavy atom. The Morgan fingerprint density at radius 3 is 2.50 bits per heavy atom. The maximum atomic E-state index is 11.5. The number of rotatable bonds is 4. The van der Waals surface area contributed by atoms with E-state index in [1.54, 1.807) is 0 Å². The molecule has 2 aliphatic rings. The lowest BCUT2D eigenvalue weighted by molar-refractivity contribution is 0.174. The minimum absolute atomic E-state index is 0.205. The number of aliphatic hydroxyl groups excluding tert-OH is 1. The molecule has 0 aromatic carbocycles. The number of aliphatic hydroxyl groups is 1. The van der Waals surface area contributed by atoms with Crippen molar-refractivity contribution in [1.29, 1.82) is 0 Å². The van der Waals surface area contributed by atoms with Crippen LogP contribution >= 0.6 is 0 Å². The molecule has 0 spiro atoms. The summed E-state index contributed by atoms with van der Waals surface area (Å²) in [5, 5.41) is 12.9. The van der Waals surface area contributed by atoms with Crippen molar-refractivity contribution < 1.29 is 13.5 Å². The SMILES string of the molecule is NCC1(NC2CCCC2CO)CCS(=O)(=O)CC1. The summed E-state index contributed by atoms with van der Waals surface area (Å²) in [4.78, 5) is 0. The van der Waals surface area contributed by atoms with Crippen molar-refractivity contribution >= 4 is 9.84 Å². The number of hydrogen-bond acceptors (Lipinski definition) is 5. The summed E-state index contributed by atoms with van der Waals surface area (Å²) in [6.07, 6.45) is 4.43. The van der Waals surface area contributed by atoms with E-state index in [-0.39, 0.29) is 23.7 Å². The van der Waals surface area contributed by atoms with E-state index in [0.717, 1.165) is 19.3 Å². The molecule has 4 N–H and O–H groups in total. The molecule has 0 aromatic rings. The van der Waals surface area contributed by atoms with Gasteiger partial charge in [0, 0.05) is 24.7 Å². The van der Waals surface area contributed by atoms with Crippen LogP contribution in [0.4, 0.5) is 0 Å². The number of sulfone groups is 1. The van der Waals surface area contributed by atoms with Crippen molar-refractivity contribution in [2.45, 2.75) is 43.7 Å². The Hall–Kier alpha value is -0.170. The van der Waals surface area contributed by atoms with E-state index in [1.807, 2.05) is 0 Å². The average Bonchev–Trinajstić information content (AvgIpc) is 2.79. The molecule has 0 radical (unpaired) electrons. The zero-order chi connectivity index (χ0) is 13.2. The van der Waals surface area contributed by atoms with E-state index in [0.29, 0.717) is 31.3 Å². The minimum atomic E-state index is -2.86. The van der Waals surface area contributed by atoms with Gasteiger partial charge in [0.1, 0.15) is 9.84 Å². The van der Waals surface area contributed by atoms with Gasteiger partial charge in [0.25, 0.3) is 0 Å². The van der Waals surface area contributed by atoms with Crippen LogP contribution in [-0.2, 0) is 9.84 Å². The summed E-state index contributed by atoms with van der Waals surface area (Å²) >= 11 is 0. The molecule has 106 valence electrons. The van der Waals surface area contributed by atoms with Crippen LogP contribution in [-0.4, -0.2) is 49.8 Å². The molecular weight excluding hydrogens is 252 g/mol. The molecule has 2 atom stereocenters. The third kappa shape index (κ3) is 3.04.